The Morgan fingerprint density at radius 3 is 2.39 bits per heavy atom. The Morgan fingerprint density at radius 2 is 1.71 bits per heavy atom. The maximum Gasteiger partial charge on any atom is 0.250 e. The van der Waals surface area contributed by atoms with Crippen LogP contribution in [-0.2, 0) is 16.1 Å². The third kappa shape index (κ3) is 7.67. The fourth-order valence-corrected chi connectivity index (χ4v) is 4.91. The molecule has 1 aliphatic rings. The quantitative estimate of drug-likeness (QED) is 0.253. The molecule has 1 unspecified atom stereocenters. The molecule has 2 amide bonds. The highest BCUT2D eigenvalue weighted by atomic mass is 35.5. The summed E-state index contributed by atoms with van der Waals surface area (Å²) in [6.45, 7) is 7.52. The molecule has 3 heterocycles. The molecule has 0 bridgehead atoms. The highest BCUT2D eigenvalue weighted by Crippen LogP contribution is 2.40. The molecule has 1 aromatic carbocycles. The van der Waals surface area contributed by atoms with Gasteiger partial charge in [-0.05, 0) is 76.1 Å². The molecule has 1 atom stereocenters. The number of ether oxygens (including phenoxy) is 1. The van der Waals surface area contributed by atoms with Gasteiger partial charge in [0.2, 0.25) is 17.4 Å². The van der Waals surface area contributed by atoms with Gasteiger partial charge < -0.3 is 24.4 Å². The first kappa shape index (κ1) is 33.8. The monoisotopic (exact) mass is 603 g/mol. The Kier molecular flexibility index (Phi) is 12.4. The van der Waals surface area contributed by atoms with E-state index in [2.05, 4.69) is 10.3 Å². The number of hydrogen-bond acceptors (Lipinski definition) is 6. The lowest BCUT2D eigenvalue weighted by atomic mass is 9.90. The van der Waals surface area contributed by atoms with Gasteiger partial charge in [0.1, 0.15) is 11.2 Å². The van der Waals surface area contributed by atoms with E-state index in [9.17, 15) is 14.4 Å². The van der Waals surface area contributed by atoms with E-state index in [-0.39, 0.29) is 48.2 Å². The molecule has 1 aliphatic heterocycles. The van der Waals surface area contributed by atoms with Crippen LogP contribution in [0.25, 0.3) is 0 Å². The number of nitrogens with one attached hydrogen (secondary N) is 1. The van der Waals surface area contributed by atoms with Crippen LogP contribution in [0, 0.1) is 5.41 Å². The number of amides is 2. The van der Waals surface area contributed by atoms with Crippen molar-refractivity contribution in [3.8, 4) is 5.75 Å². The summed E-state index contributed by atoms with van der Waals surface area (Å²) >= 11 is 0. The van der Waals surface area contributed by atoms with Crippen molar-refractivity contribution in [1.82, 2.24) is 14.9 Å². The van der Waals surface area contributed by atoms with E-state index in [1.54, 1.807) is 59.8 Å². The molecular formula is C30H39Cl2N5O4. The van der Waals surface area contributed by atoms with Crippen molar-refractivity contribution >= 4 is 48.0 Å². The van der Waals surface area contributed by atoms with Crippen LogP contribution in [0.2, 0.25) is 0 Å². The number of carbonyl (C=O) groups is 2. The molecule has 0 spiro atoms. The van der Waals surface area contributed by atoms with Gasteiger partial charge in [0.25, 0.3) is 0 Å². The number of carbonyl (C=O) groups excluding carboxylic acids is 2. The van der Waals surface area contributed by atoms with Crippen molar-refractivity contribution in [3.63, 3.8) is 0 Å². The zero-order valence-corrected chi connectivity index (χ0v) is 25.5. The van der Waals surface area contributed by atoms with E-state index in [0.717, 1.165) is 18.4 Å². The van der Waals surface area contributed by atoms with Crippen molar-refractivity contribution in [3.05, 3.63) is 83.0 Å². The molecule has 11 heteroatoms. The summed E-state index contributed by atoms with van der Waals surface area (Å²) in [5, 5.41) is 3.59. The molecule has 0 aliphatic carbocycles. The maximum atomic E-state index is 13.1. The predicted octanol–water partition coefficient (Wildman–Crippen LogP) is 4.63. The molecule has 3 aromatic rings. The Hall–Kier alpha value is -3.40. The van der Waals surface area contributed by atoms with Crippen LogP contribution >= 0.6 is 24.8 Å². The van der Waals surface area contributed by atoms with Crippen LogP contribution in [0.5, 0.6) is 5.75 Å². The maximum absolute atomic E-state index is 13.1. The number of nitrogens with zero attached hydrogens (tertiary/aromatic N) is 4. The average Bonchev–Trinajstić information content (AvgIpc) is 3.00. The lowest BCUT2D eigenvalue weighted by Gasteiger charge is -2.27. The van der Waals surface area contributed by atoms with Crippen molar-refractivity contribution in [2.75, 3.05) is 36.5 Å². The second kappa shape index (κ2) is 15.0. The first-order valence-electron chi connectivity index (χ1n) is 13.4. The Bertz CT molecular complexity index is 1370. The first-order valence-corrected chi connectivity index (χ1v) is 13.4. The summed E-state index contributed by atoms with van der Waals surface area (Å²) in [6.07, 6.45) is 6.86. The summed E-state index contributed by atoms with van der Waals surface area (Å²) < 4.78 is 7.76. The molecule has 41 heavy (non-hydrogen) atoms. The van der Waals surface area contributed by atoms with Gasteiger partial charge in [0.05, 0.1) is 18.0 Å². The van der Waals surface area contributed by atoms with Crippen molar-refractivity contribution in [1.29, 1.82) is 0 Å². The highest BCUT2D eigenvalue weighted by molar-refractivity contribution is 6.20. The summed E-state index contributed by atoms with van der Waals surface area (Å²) in [5.41, 5.74) is 1.32. The van der Waals surface area contributed by atoms with Gasteiger partial charge in [0.15, 0.2) is 0 Å². The second-order valence-electron chi connectivity index (χ2n) is 10.2. The number of aryl methyl sites for hydroxylation is 1. The summed E-state index contributed by atoms with van der Waals surface area (Å²) in [4.78, 5) is 45.6. The minimum Gasteiger partial charge on any atom is -0.493 e. The van der Waals surface area contributed by atoms with Crippen molar-refractivity contribution in [2.45, 2.75) is 46.2 Å². The molecule has 9 nitrogen and oxygen atoms in total. The molecule has 0 saturated carbocycles. The fraction of sp³-hybridized carbons (Fsp3) is 0.400. The lowest BCUT2D eigenvalue weighted by molar-refractivity contribution is -0.137. The minimum absolute atomic E-state index is 0. The highest BCUT2D eigenvalue weighted by Gasteiger charge is 2.45. The van der Waals surface area contributed by atoms with E-state index in [1.165, 1.54) is 0 Å². The number of halogens is 2. The zero-order valence-electron chi connectivity index (χ0n) is 23.9. The minimum atomic E-state index is -1.14. The lowest BCUT2D eigenvalue weighted by Crippen LogP contribution is -2.47. The van der Waals surface area contributed by atoms with Gasteiger partial charge in [-0.2, -0.15) is 0 Å². The zero-order chi connectivity index (χ0) is 28.0. The average molecular weight is 605 g/mol. The molecule has 0 fully saturated rings. The Balaban J connectivity index is 0.00000294. The normalized spacial score (nSPS) is 14.8. The standard InChI is InChI=1S/C30H37N5O4.2ClH/c1-5-35-25-11-10-23(21-26(25)33(4)28(37)30(2,3)29(35)38)39-20-8-15-32-24(22-12-16-31-17-13-22)14-19-34-18-7-6-9-27(34)36;;/h6-7,9-13,16-18,21,24,32H,5,8,14-15,19-20H2,1-4H3;2*1H. The third-order valence-corrected chi connectivity index (χ3v) is 7.18. The van der Waals surface area contributed by atoms with Crippen molar-refractivity contribution in [2.24, 2.45) is 5.41 Å². The number of anilines is 2. The van der Waals surface area contributed by atoms with Gasteiger partial charge in [-0.15, -0.1) is 24.8 Å². The fourth-order valence-electron chi connectivity index (χ4n) is 4.91. The number of rotatable bonds is 11. The molecule has 0 radical (unpaired) electrons. The Labute approximate surface area is 253 Å². The largest absolute Gasteiger partial charge is 0.493 e. The van der Waals surface area contributed by atoms with Crippen LogP contribution in [0.3, 0.4) is 0 Å². The van der Waals surface area contributed by atoms with Crippen LogP contribution in [0.15, 0.2) is 71.9 Å². The van der Waals surface area contributed by atoms with Crippen LogP contribution in [0.4, 0.5) is 11.4 Å². The van der Waals surface area contributed by atoms with Crippen LogP contribution in [-0.4, -0.2) is 48.1 Å². The van der Waals surface area contributed by atoms with Gasteiger partial charge in [-0.3, -0.25) is 19.4 Å². The van der Waals surface area contributed by atoms with Gasteiger partial charge in [0, 0.05) is 56.9 Å². The van der Waals surface area contributed by atoms with E-state index in [4.69, 9.17) is 4.74 Å². The molecule has 2 aromatic heterocycles. The first-order chi connectivity index (χ1) is 18.7. The molecule has 4 rings (SSSR count). The molecule has 0 saturated heterocycles. The topological polar surface area (TPSA) is 96.8 Å². The van der Waals surface area contributed by atoms with E-state index in [1.807, 2.05) is 49.5 Å². The number of aromatic nitrogens is 2. The molecule has 222 valence electrons. The van der Waals surface area contributed by atoms with E-state index >= 15 is 0 Å². The predicted molar refractivity (Wildman–Crippen MR) is 167 cm³/mol. The number of benzene rings is 1. The Morgan fingerprint density at radius 1 is 0.976 bits per heavy atom. The summed E-state index contributed by atoms with van der Waals surface area (Å²) in [5.74, 6) is 0.193. The third-order valence-electron chi connectivity index (χ3n) is 7.18. The SMILES string of the molecule is CCN1C(=O)C(C)(C)C(=O)N(C)c2cc(OCCCNC(CCn3ccccc3=O)c3ccncc3)ccc21.Cl.Cl. The van der Waals surface area contributed by atoms with Crippen LogP contribution in [0.1, 0.15) is 45.2 Å². The van der Waals surface area contributed by atoms with Crippen LogP contribution < -0.4 is 25.4 Å². The summed E-state index contributed by atoms with van der Waals surface area (Å²) in [7, 11) is 1.70. The number of hydrogen-bond donors (Lipinski definition) is 1. The van der Waals surface area contributed by atoms with Crippen molar-refractivity contribution < 1.29 is 14.3 Å². The van der Waals surface area contributed by atoms with Gasteiger partial charge in [-0.25, -0.2) is 0 Å². The number of pyridine rings is 2. The van der Waals surface area contributed by atoms with Gasteiger partial charge in [-0.1, -0.05) is 6.07 Å². The second-order valence-corrected chi connectivity index (χ2v) is 10.2. The van der Waals surface area contributed by atoms with Gasteiger partial charge >= 0.3 is 0 Å². The smallest absolute Gasteiger partial charge is 0.250 e. The number of fused-ring (bicyclic) bond motifs is 1. The van der Waals surface area contributed by atoms with E-state index < -0.39 is 5.41 Å². The van der Waals surface area contributed by atoms with E-state index in [0.29, 0.717) is 43.4 Å². The molecule has 1 N–H and O–H groups in total. The molecular weight excluding hydrogens is 565 g/mol. The summed E-state index contributed by atoms with van der Waals surface area (Å²) in [6, 6.07) is 14.7.